The molecule has 24 heavy (non-hydrogen) atoms. The molecule has 0 atom stereocenters. The molecule has 0 aliphatic carbocycles. The molecular weight excluding hydrogens is 354 g/mol. The number of rotatable bonds is 6. The van der Waals surface area contributed by atoms with Gasteiger partial charge in [0.05, 0.1) is 16.5 Å². The second-order valence-corrected chi connectivity index (χ2v) is 5.82. The van der Waals surface area contributed by atoms with E-state index in [0.29, 0.717) is 21.2 Å². The molecule has 4 nitrogen and oxygen atoms in total. The molecule has 2 aromatic carbocycles. The largest absolute Gasteiger partial charge is 0.354 e. The fraction of sp³-hybridized carbons (Fsp3) is 0.176. The maximum absolute atomic E-state index is 13.4. The standard InChI is InChI=1S/C17H15Cl2FN2O2/c18-13-6-5-12(9-14(13)19)17(24)22-8-7-21-16(23)10-11-3-1-2-4-15(11)20/h1-6,9H,7-8,10H2,(H,21,23)(H,22,24). The Balaban J connectivity index is 1.74. The van der Waals surface area contributed by atoms with E-state index in [4.69, 9.17) is 23.2 Å². The summed E-state index contributed by atoms with van der Waals surface area (Å²) in [5.74, 6) is -1.05. The van der Waals surface area contributed by atoms with Crippen molar-refractivity contribution in [1.29, 1.82) is 0 Å². The topological polar surface area (TPSA) is 58.2 Å². The maximum Gasteiger partial charge on any atom is 0.251 e. The van der Waals surface area contributed by atoms with Crippen LogP contribution >= 0.6 is 23.2 Å². The molecule has 0 bridgehead atoms. The van der Waals surface area contributed by atoms with Gasteiger partial charge in [-0.15, -0.1) is 0 Å². The third-order valence-corrected chi connectivity index (χ3v) is 3.96. The number of carbonyl (C=O) groups is 2. The zero-order chi connectivity index (χ0) is 17.5. The fourth-order valence-electron chi connectivity index (χ4n) is 1.99. The summed E-state index contributed by atoms with van der Waals surface area (Å²) in [7, 11) is 0. The lowest BCUT2D eigenvalue weighted by atomic mass is 10.1. The summed E-state index contributed by atoms with van der Waals surface area (Å²) in [4.78, 5) is 23.7. The number of benzene rings is 2. The van der Waals surface area contributed by atoms with Crippen molar-refractivity contribution in [2.45, 2.75) is 6.42 Å². The predicted molar refractivity (Wildman–Crippen MR) is 91.9 cm³/mol. The van der Waals surface area contributed by atoms with Gasteiger partial charge in [-0.25, -0.2) is 4.39 Å². The molecule has 7 heteroatoms. The van der Waals surface area contributed by atoms with Crippen molar-refractivity contribution in [3.8, 4) is 0 Å². The molecule has 0 heterocycles. The Hall–Kier alpha value is -2.11. The number of hydrogen-bond donors (Lipinski definition) is 2. The highest BCUT2D eigenvalue weighted by Gasteiger charge is 2.09. The number of amides is 2. The summed E-state index contributed by atoms with van der Waals surface area (Å²) in [6.07, 6.45) is -0.0482. The van der Waals surface area contributed by atoms with E-state index in [1.165, 1.54) is 18.2 Å². The van der Waals surface area contributed by atoms with E-state index < -0.39 is 5.82 Å². The Morgan fingerprint density at radius 1 is 0.958 bits per heavy atom. The van der Waals surface area contributed by atoms with Crippen molar-refractivity contribution in [2.24, 2.45) is 0 Å². The van der Waals surface area contributed by atoms with Gasteiger partial charge in [0.1, 0.15) is 5.82 Å². The van der Waals surface area contributed by atoms with Gasteiger partial charge in [0.25, 0.3) is 5.91 Å². The van der Waals surface area contributed by atoms with E-state index in [-0.39, 0.29) is 31.3 Å². The van der Waals surface area contributed by atoms with Gasteiger partial charge < -0.3 is 10.6 Å². The van der Waals surface area contributed by atoms with Crippen molar-refractivity contribution in [3.05, 3.63) is 69.5 Å². The minimum Gasteiger partial charge on any atom is -0.354 e. The second kappa shape index (κ2) is 8.66. The summed E-state index contributed by atoms with van der Waals surface area (Å²) < 4.78 is 13.4. The van der Waals surface area contributed by atoms with Crippen LogP contribution in [-0.4, -0.2) is 24.9 Å². The maximum atomic E-state index is 13.4. The summed E-state index contributed by atoms with van der Waals surface area (Å²) in [6, 6.07) is 10.7. The van der Waals surface area contributed by atoms with Crippen molar-refractivity contribution in [3.63, 3.8) is 0 Å². The molecule has 0 saturated carbocycles. The van der Waals surface area contributed by atoms with Gasteiger partial charge in [0.2, 0.25) is 5.91 Å². The van der Waals surface area contributed by atoms with E-state index in [2.05, 4.69) is 10.6 Å². The molecular formula is C17H15Cl2FN2O2. The van der Waals surface area contributed by atoms with Crippen LogP contribution in [0.2, 0.25) is 10.0 Å². The molecule has 126 valence electrons. The van der Waals surface area contributed by atoms with E-state index in [9.17, 15) is 14.0 Å². The highest BCUT2D eigenvalue weighted by Crippen LogP contribution is 2.22. The molecule has 2 rings (SSSR count). The molecule has 0 aromatic heterocycles. The van der Waals surface area contributed by atoms with Gasteiger partial charge in [0.15, 0.2) is 0 Å². The molecule has 0 radical (unpaired) electrons. The molecule has 0 spiro atoms. The number of hydrogen-bond acceptors (Lipinski definition) is 2. The Morgan fingerprint density at radius 2 is 1.67 bits per heavy atom. The minimum atomic E-state index is -0.416. The smallest absolute Gasteiger partial charge is 0.251 e. The molecule has 2 aromatic rings. The van der Waals surface area contributed by atoms with Crippen LogP contribution in [-0.2, 0) is 11.2 Å². The first-order valence-corrected chi connectivity index (χ1v) is 7.96. The van der Waals surface area contributed by atoms with Crippen molar-refractivity contribution < 1.29 is 14.0 Å². The number of carbonyl (C=O) groups excluding carboxylic acids is 2. The first-order valence-electron chi connectivity index (χ1n) is 7.20. The quantitative estimate of drug-likeness (QED) is 0.769. The van der Waals surface area contributed by atoms with Gasteiger partial charge in [-0.1, -0.05) is 41.4 Å². The predicted octanol–water partition coefficient (Wildman–Crippen LogP) is 3.22. The molecule has 0 aliphatic heterocycles. The molecule has 2 N–H and O–H groups in total. The van der Waals surface area contributed by atoms with Crippen LogP contribution in [0.3, 0.4) is 0 Å². The monoisotopic (exact) mass is 368 g/mol. The average Bonchev–Trinajstić information content (AvgIpc) is 2.56. The molecule has 2 amide bonds. The Morgan fingerprint density at radius 3 is 2.38 bits per heavy atom. The van der Waals surface area contributed by atoms with Crippen LogP contribution in [0.1, 0.15) is 15.9 Å². The summed E-state index contributed by atoms with van der Waals surface area (Å²) in [5.41, 5.74) is 0.705. The summed E-state index contributed by atoms with van der Waals surface area (Å²) in [6.45, 7) is 0.475. The average molecular weight is 369 g/mol. The first kappa shape index (κ1) is 18.2. The van der Waals surface area contributed by atoms with Crippen molar-refractivity contribution >= 4 is 35.0 Å². The van der Waals surface area contributed by atoms with Crippen LogP contribution in [0.25, 0.3) is 0 Å². The van der Waals surface area contributed by atoms with Crippen molar-refractivity contribution in [1.82, 2.24) is 10.6 Å². The van der Waals surface area contributed by atoms with Gasteiger partial charge in [-0.05, 0) is 29.8 Å². The van der Waals surface area contributed by atoms with Gasteiger partial charge in [0, 0.05) is 18.7 Å². The lowest BCUT2D eigenvalue weighted by Gasteiger charge is -2.08. The van der Waals surface area contributed by atoms with Crippen LogP contribution in [0, 0.1) is 5.82 Å². The normalized spacial score (nSPS) is 10.3. The summed E-state index contributed by atoms with van der Waals surface area (Å²) in [5, 5.41) is 5.93. The van der Waals surface area contributed by atoms with E-state index in [1.54, 1.807) is 24.3 Å². The van der Waals surface area contributed by atoms with Gasteiger partial charge in [-0.2, -0.15) is 0 Å². The molecule has 0 fully saturated rings. The lowest BCUT2D eigenvalue weighted by Crippen LogP contribution is -2.35. The van der Waals surface area contributed by atoms with Gasteiger partial charge >= 0.3 is 0 Å². The van der Waals surface area contributed by atoms with Crippen LogP contribution in [0.15, 0.2) is 42.5 Å². The lowest BCUT2D eigenvalue weighted by molar-refractivity contribution is -0.120. The number of halogens is 3. The highest BCUT2D eigenvalue weighted by molar-refractivity contribution is 6.42. The summed E-state index contributed by atoms with van der Waals surface area (Å²) >= 11 is 11.6. The molecule has 0 saturated heterocycles. The van der Waals surface area contributed by atoms with Crippen LogP contribution in [0.5, 0.6) is 0 Å². The van der Waals surface area contributed by atoms with E-state index >= 15 is 0 Å². The molecule has 0 unspecified atom stereocenters. The van der Waals surface area contributed by atoms with E-state index in [0.717, 1.165) is 0 Å². The van der Waals surface area contributed by atoms with Crippen molar-refractivity contribution in [2.75, 3.05) is 13.1 Å². The zero-order valence-electron chi connectivity index (χ0n) is 12.6. The minimum absolute atomic E-state index is 0.0482. The SMILES string of the molecule is O=C(Cc1ccccc1F)NCCNC(=O)c1ccc(Cl)c(Cl)c1. The van der Waals surface area contributed by atoms with Crippen LogP contribution in [0.4, 0.5) is 4.39 Å². The Labute approximate surface area is 149 Å². The van der Waals surface area contributed by atoms with E-state index in [1.807, 2.05) is 0 Å². The second-order valence-electron chi connectivity index (χ2n) is 5.00. The third-order valence-electron chi connectivity index (χ3n) is 3.22. The first-order chi connectivity index (χ1) is 11.5. The van der Waals surface area contributed by atoms with Crippen LogP contribution < -0.4 is 10.6 Å². The molecule has 0 aliphatic rings. The fourth-order valence-corrected chi connectivity index (χ4v) is 2.29. The number of nitrogens with one attached hydrogen (secondary N) is 2. The Kier molecular flexibility index (Phi) is 6.58. The Bertz CT molecular complexity index is 753. The zero-order valence-corrected chi connectivity index (χ0v) is 14.1. The highest BCUT2D eigenvalue weighted by atomic mass is 35.5. The third kappa shape index (κ3) is 5.22. The van der Waals surface area contributed by atoms with Gasteiger partial charge in [-0.3, -0.25) is 9.59 Å².